The van der Waals surface area contributed by atoms with E-state index in [1.165, 1.54) is 16.0 Å². The van der Waals surface area contributed by atoms with Crippen LogP contribution in [-0.4, -0.2) is 45.6 Å². The lowest BCUT2D eigenvalue weighted by atomic mass is 9.80. The number of aromatic amines is 2. The molecule has 0 spiro atoms. The van der Waals surface area contributed by atoms with Gasteiger partial charge in [0.1, 0.15) is 5.60 Å². The van der Waals surface area contributed by atoms with Crippen LogP contribution in [0.15, 0.2) is 44.6 Å². The quantitative estimate of drug-likeness (QED) is 0.0863. The topological polar surface area (TPSA) is 188 Å². The number of hydrogen-bond donors (Lipinski definition) is 6. The molecule has 0 aromatic carbocycles. The van der Waals surface area contributed by atoms with E-state index in [1.807, 2.05) is 92.1 Å². The molecule has 7 N–H and O–H groups in total. The molecule has 0 bridgehead atoms. The number of nitrogens with one attached hydrogen (secondary N) is 5. The maximum atomic E-state index is 13.0. The van der Waals surface area contributed by atoms with E-state index < -0.39 is 5.60 Å². The molecule has 65 heavy (non-hydrogen) atoms. The largest absolute Gasteiger partial charge is 0.444 e. The Hall–Kier alpha value is -5.05. The Bertz CT molecular complexity index is 2520. The summed E-state index contributed by atoms with van der Waals surface area (Å²) in [6.07, 6.45) is 12.0. The van der Waals surface area contributed by atoms with Crippen LogP contribution in [0.3, 0.4) is 0 Å². The number of carbonyl (C=O) groups is 3. The number of H-pyrrole nitrogens is 2. The number of alkyl carbamates (subject to hydrolysis) is 1. The lowest BCUT2D eigenvalue weighted by molar-refractivity contribution is 0.0490. The van der Waals surface area contributed by atoms with E-state index in [1.54, 1.807) is 22.7 Å². The van der Waals surface area contributed by atoms with Crippen molar-refractivity contribution in [3.05, 3.63) is 121 Å². The smallest absolute Gasteiger partial charge is 0.407 e. The normalized spacial score (nSPS) is 19.2. The van der Waals surface area contributed by atoms with Gasteiger partial charge in [0.2, 0.25) is 0 Å². The monoisotopic (exact) mass is 926 g/mol. The van der Waals surface area contributed by atoms with Crippen LogP contribution >= 0.6 is 22.7 Å². The number of nitrogens with two attached hydrogens (primary N) is 1. The maximum absolute atomic E-state index is 13.0. The third kappa shape index (κ3) is 13.3. The lowest BCUT2D eigenvalue weighted by Gasteiger charge is -2.31. The summed E-state index contributed by atoms with van der Waals surface area (Å²) in [7, 11) is 0. The molecular weight excluding hydrogens is 857 g/mol. The molecule has 352 valence electrons. The highest BCUT2D eigenvalue weighted by Crippen LogP contribution is 2.41. The van der Waals surface area contributed by atoms with Crippen LogP contribution in [0, 0.1) is 53.4 Å². The summed E-state index contributed by atoms with van der Waals surface area (Å²) < 4.78 is 5.40. The van der Waals surface area contributed by atoms with Crippen LogP contribution in [0.4, 0.5) is 4.79 Å². The lowest BCUT2D eigenvalue weighted by Crippen LogP contribution is -2.41. The Labute approximate surface area is 392 Å². The minimum atomic E-state index is -0.505. The van der Waals surface area contributed by atoms with Gasteiger partial charge in [0.15, 0.2) is 0 Å². The number of allylic oxidation sites excluding steroid dienone is 4. The highest BCUT2D eigenvalue weighted by atomic mass is 32.1. The van der Waals surface area contributed by atoms with Crippen LogP contribution in [0.1, 0.15) is 161 Å². The van der Waals surface area contributed by atoms with Crippen molar-refractivity contribution in [2.24, 2.45) is 17.6 Å². The standard InChI is InChI=1S/C28H39N3O4S.C23H31N3O2S/c1-8-21(19-9-11-20(12-10-19)31-27(34)35-28(5,6)7)24-18(4)23(15-36-24)25(32)29-14-22-16(2)13-17(3)30-26(22)33;1-5-18(16-6-8-17(24)9-7-16)21-15(4)20(12-29-21)22(27)25-11-19-13(2)10-14(3)26-23(19)28/h8,13,15,19-20H,9-12,14H2,1-7H3,(H,29,32)(H,30,33)(H,31,34);5,10,12,16-17H,6-9,11,24H2,1-4H3,(H,25,27)(H,26,28)/b21-8+;18-5+. The van der Waals surface area contributed by atoms with Crippen molar-refractivity contribution in [1.82, 2.24) is 25.9 Å². The highest BCUT2D eigenvalue weighted by Gasteiger charge is 2.29. The zero-order valence-electron chi connectivity index (χ0n) is 40.2. The van der Waals surface area contributed by atoms with Gasteiger partial charge in [-0.05, 0) is 185 Å². The Balaban J connectivity index is 0.000000250. The van der Waals surface area contributed by atoms with Gasteiger partial charge >= 0.3 is 6.09 Å². The van der Waals surface area contributed by atoms with Crippen molar-refractivity contribution in [1.29, 1.82) is 0 Å². The van der Waals surface area contributed by atoms with E-state index in [0.29, 0.717) is 40.1 Å². The van der Waals surface area contributed by atoms with Crippen LogP contribution in [0.25, 0.3) is 11.1 Å². The average Bonchev–Trinajstić information content (AvgIpc) is 3.80. The summed E-state index contributed by atoms with van der Waals surface area (Å²) in [6, 6.07) is 4.27. The predicted octanol–water partition coefficient (Wildman–Crippen LogP) is 9.99. The van der Waals surface area contributed by atoms with Crippen molar-refractivity contribution >= 4 is 51.7 Å². The molecule has 4 aromatic heterocycles. The summed E-state index contributed by atoms with van der Waals surface area (Å²) >= 11 is 3.23. The van der Waals surface area contributed by atoms with Crippen molar-refractivity contribution in [3.8, 4) is 0 Å². The molecular formula is C51H70N6O6S2. The number of hydrogen-bond acceptors (Lipinski definition) is 9. The number of aryl methyl sites for hydroxylation is 4. The predicted molar refractivity (Wildman–Crippen MR) is 266 cm³/mol. The second kappa shape index (κ2) is 22.4. The van der Waals surface area contributed by atoms with Gasteiger partial charge in [-0.1, -0.05) is 12.2 Å². The molecule has 0 unspecified atom stereocenters. The van der Waals surface area contributed by atoms with Crippen LogP contribution in [0.5, 0.6) is 0 Å². The van der Waals surface area contributed by atoms with Crippen molar-refractivity contribution in [2.45, 2.75) is 158 Å². The Kier molecular flexibility index (Phi) is 17.6. The fourth-order valence-electron chi connectivity index (χ4n) is 9.14. The number of pyridine rings is 2. The van der Waals surface area contributed by atoms with Gasteiger partial charge in [-0.2, -0.15) is 0 Å². The maximum Gasteiger partial charge on any atom is 0.407 e. The number of aromatic nitrogens is 2. The van der Waals surface area contributed by atoms with Gasteiger partial charge in [0, 0.05) is 68.2 Å². The van der Waals surface area contributed by atoms with Gasteiger partial charge in [-0.25, -0.2) is 4.79 Å². The van der Waals surface area contributed by atoms with E-state index in [4.69, 9.17) is 10.5 Å². The third-order valence-electron chi connectivity index (χ3n) is 12.7. The molecule has 2 saturated carbocycles. The second-order valence-corrected chi connectivity index (χ2v) is 20.5. The Morgan fingerprint density at radius 1 is 0.692 bits per heavy atom. The fourth-order valence-corrected chi connectivity index (χ4v) is 11.6. The molecule has 2 aliphatic rings. The number of amides is 3. The van der Waals surface area contributed by atoms with Crippen LogP contribution < -0.4 is 32.8 Å². The molecule has 2 aliphatic carbocycles. The first-order chi connectivity index (χ1) is 30.7. The minimum Gasteiger partial charge on any atom is -0.444 e. The van der Waals surface area contributed by atoms with E-state index in [2.05, 4.69) is 45.0 Å². The zero-order valence-corrected chi connectivity index (χ0v) is 41.8. The van der Waals surface area contributed by atoms with Gasteiger partial charge < -0.3 is 36.4 Å². The second-order valence-electron chi connectivity index (χ2n) is 18.8. The van der Waals surface area contributed by atoms with Crippen molar-refractivity contribution < 1.29 is 19.1 Å². The summed E-state index contributed by atoms with van der Waals surface area (Å²) in [5.41, 5.74) is 15.7. The van der Waals surface area contributed by atoms with Gasteiger partial charge in [-0.15, -0.1) is 22.7 Å². The minimum absolute atomic E-state index is 0.119. The zero-order chi connectivity index (χ0) is 47.7. The van der Waals surface area contributed by atoms with Gasteiger partial charge in [-0.3, -0.25) is 19.2 Å². The molecule has 4 heterocycles. The fraction of sp³-hybridized carbons (Fsp3) is 0.510. The molecule has 0 atom stereocenters. The van der Waals surface area contributed by atoms with Crippen molar-refractivity contribution in [2.75, 3.05) is 0 Å². The number of ether oxygens (including phenoxy) is 1. The first-order valence-corrected chi connectivity index (χ1v) is 24.7. The van der Waals surface area contributed by atoms with E-state index in [-0.39, 0.29) is 48.2 Å². The molecule has 4 aromatic rings. The van der Waals surface area contributed by atoms with E-state index in [0.717, 1.165) is 89.9 Å². The SMILES string of the molecule is C/C=C(/c1scc(C(=O)NCc2c(C)cc(C)[nH]c2=O)c1C)C1CCC(N)CC1.C/C=C(/c1scc(C(=O)NCc2c(C)cc(C)[nH]c2=O)c1C)C1CCC(NC(=O)OC(C)(C)C)CC1. The molecule has 6 rings (SSSR count). The summed E-state index contributed by atoms with van der Waals surface area (Å²) in [5, 5.41) is 12.7. The molecule has 3 amide bonds. The Morgan fingerprint density at radius 3 is 1.46 bits per heavy atom. The van der Waals surface area contributed by atoms with E-state index in [9.17, 15) is 24.0 Å². The third-order valence-corrected chi connectivity index (χ3v) is 14.9. The summed E-state index contributed by atoms with van der Waals surface area (Å²) in [5.74, 6) is 0.594. The average molecular weight is 927 g/mol. The molecule has 12 nitrogen and oxygen atoms in total. The molecule has 0 aliphatic heterocycles. The molecule has 0 saturated heterocycles. The number of thiophene rings is 2. The molecule has 2 fully saturated rings. The highest BCUT2D eigenvalue weighted by molar-refractivity contribution is 7.12. The Morgan fingerprint density at radius 2 is 1.09 bits per heavy atom. The van der Waals surface area contributed by atoms with Crippen molar-refractivity contribution in [3.63, 3.8) is 0 Å². The summed E-state index contributed by atoms with van der Waals surface area (Å²) in [4.78, 5) is 70.3. The first kappa shape index (κ1) is 50.9. The van der Waals surface area contributed by atoms with Gasteiger partial charge in [0.25, 0.3) is 22.9 Å². The summed E-state index contributed by atoms with van der Waals surface area (Å²) in [6.45, 7) is 21.6. The molecule has 14 heteroatoms. The number of carbonyl (C=O) groups excluding carboxylic acids is 3. The van der Waals surface area contributed by atoms with Gasteiger partial charge in [0.05, 0.1) is 11.1 Å². The van der Waals surface area contributed by atoms with Crippen LogP contribution in [0.2, 0.25) is 0 Å². The van der Waals surface area contributed by atoms with E-state index >= 15 is 0 Å². The number of rotatable bonds is 11. The van der Waals surface area contributed by atoms with Crippen LogP contribution in [-0.2, 0) is 17.8 Å². The molecule has 0 radical (unpaired) electrons. The first-order valence-electron chi connectivity index (χ1n) is 22.9.